The normalized spacial score (nSPS) is 9.35. The average Bonchev–Trinajstić information content (AvgIpc) is 2.24. The van der Waals surface area contributed by atoms with Crippen LogP contribution in [0.4, 0.5) is 4.39 Å². The Morgan fingerprint density at radius 3 is 1.94 bits per heavy atom. The monoisotopic (exact) mass is 234 g/mol. The predicted octanol–water partition coefficient (Wildman–Crippen LogP) is 3.54. The molecule has 3 heteroatoms. The molecule has 90 valence electrons. The number of benzene rings is 2. The van der Waals surface area contributed by atoms with Gasteiger partial charge < -0.3 is 10.2 Å². The molecule has 0 atom stereocenters. The lowest BCUT2D eigenvalue weighted by atomic mass is 10.2. The van der Waals surface area contributed by atoms with E-state index in [1.807, 2.05) is 19.1 Å². The maximum Gasteiger partial charge on any atom is 0.164 e. The van der Waals surface area contributed by atoms with Crippen molar-refractivity contribution < 1.29 is 14.6 Å². The Labute approximate surface area is 100.0 Å². The molecule has 2 nitrogen and oxygen atoms in total. The van der Waals surface area contributed by atoms with E-state index >= 15 is 0 Å². The van der Waals surface area contributed by atoms with E-state index in [4.69, 9.17) is 10.2 Å². The molecule has 2 aromatic carbocycles. The maximum atomic E-state index is 12.2. The first-order chi connectivity index (χ1) is 7.99. The van der Waals surface area contributed by atoms with Crippen LogP contribution >= 0.6 is 0 Å². The molecule has 0 aliphatic heterocycles. The number of aromatic hydroxyl groups is 2. The van der Waals surface area contributed by atoms with E-state index in [-0.39, 0.29) is 5.75 Å². The van der Waals surface area contributed by atoms with Gasteiger partial charge in [0.05, 0.1) is 0 Å². The van der Waals surface area contributed by atoms with Crippen molar-refractivity contribution in [2.24, 2.45) is 0 Å². The first-order valence-corrected chi connectivity index (χ1v) is 5.20. The molecule has 0 bridgehead atoms. The van der Waals surface area contributed by atoms with Crippen LogP contribution in [0, 0.1) is 19.7 Å². The molecule has 0 spiro atoms. The quantitative estimate of drug-likeness (QED) is 0.732. The van der Waals surface area contributed by atoms with Crippen LogP contribution in [0.15, 0.2) is 42.5 Å². The van der Waals surface area contributed by atoms with Crippen molar-refractivity contribution in [1.29, 1.82) is 0 Å². The lowest BCUT2D eigenvalue weighted by Crippen LogP contribution is -1.75. The molecule has 0 aliphatic rings. The molecule has 0 amide bonds. The molecular formula is C14H15FO2. The smallest absolute Gasteiger partial charge is 0.164 e. The molecule has 0 fully saturated rings. The zero-order chi connectivity index (χ0) is 12.8. The van der Waals surface area contributed by atoms with Crippen LogP contribution in [-0.4, -0.2) is 10.2 Å². The number of halogens is 1. The second-order valence-electron chi connectivity index (χ2n) is 3.79. The number of hydrogen-bond acceptors (Lipinski definition) is 2. The van der Waals surface area contributed by atoms with Crippen molar-refractivity contribution in [3.63, 3.8) is 0 Å². The molecule has 2 aromatic rings. The van der Waals surface area contributed by atoms with E-state index in [0.29, 0.717) is 5.75 Å². The van der Waals surface area contributed by atoms with Gasteiger partial charge in [0.1, 0.15) is 5.75 Å². The molecule has 0 aromatic heterocycles. The standard InChI is InChI=1S/C7H7FO.C7H8O/c1-5-2-3-6(8)7(9)4-5;1-6-3-2-4-7(8)5-6/h2-4,9H,1H3;2-5,8H,1H3. The zero-order valence-electron chi connectivity index (χ0n) is 9.81. The molecule has 17 heavy (non-hydrogen) atoms. The zero-order valence-corrected chi connectivity index (χ0v) is 9.81. The van der Waals surface area contributed by atoms with Crippen molar-refractivity contribution in [2.75, 3.05) is 0 Å². The third-order valence-electron chi connectivity index (χ3n) is 2.10. The number of rotatable bonds is 0. The van der Waals surface area contributed by atoms with Gasteiger partial charge in [-0.25, -0.2) is 4.39 Å². The van der Waals surface area contributed by atoms with Crippen molar-refractivity contribution in [2.45, 2.75) is 13.8 Å². The Kier molecular flexibility index (Phi) is 4.52. The summed E-state index contributed by atoms with van der Waals surface area (Å²) < 4.78 is 12.2. The van der Waals surface area contributed by atoms with Crippen LogP contribution in [0.1, 0.15) is 11.1 Å². The second kappa shape index (κ2) is 5.89. The Morgan fingerprint density at radius 2 is 1.53 bits per heavy atom. The van der Waals surface area contributed by atoms with Crippen LogP contribution in [0.5, 0.6) is 11.5 Å². The fourth-order valence-corrected chi connectivity index (χ4v) is 1.25. The topological polar surface area (TPSA) is 40.5 Å². The highest BCUT2D eigenvalue weighted by atomic mass is 19.1. The van der Waals surface area contributed by atoms with E-state index in [2.05, 4.69) is 0 Å². The molecule has 0 saturated heterocycles. The third-order valence-corrected chi connectivity index (χ3v) is 2.10. The summed E-state index contributed by atoms with van der Waals surface area (Å²) in [6.45, 7) is 3.74. The number of aryl methyl sites for hydroxylation is 2. The fraction of sp³-hybridized carbons (Fsp3) is 0.143. The van der Waals surface area contributed by atoms with Gasteiger partial charge in [-0.3, -0.25) is 0 Å². The first-order valence-electron chi connectivity index (χ1n) is 5.20. The summed E-state index contributed by atoms with van der Waals surface area (Å²) in [6, 6.07) is 11.4. The van der Waals surface area contributed by atoms with Crippen molar-refractivity contribution in [3.05, 3.63) is 59.4 Å². The van der Waals surface area contributed by atoms with Crippen LogP contribution in [-0.2, 0) is 0 Å². The first kappa shape index (κ1) is 13.0. The van der Waals surface area contributed by atoms with Crippen molar-refractivity contribution in [3.8, 4) is 11.5 Å². The average molecular weight is 234 g/mol. The minimum absolute atomic E-state index is 0.282. The second-order valence-corrected chi connectivity index (χ2v) is 3.79. The van der Waals surface area contributed by atoms with Crippen LogP contribution < -0.4 is 0 Å². The van der Waals surface area contributed by atoms with Gasteiger partial charge in [0.25, 0.3) is 0 Å². The SMILES string of the molecule is Cc1ccc(F)c(O)c1.Cc1cccc(O)c1. The van der Waals surface area contributed by atoms with Gasteiger partial charge in [-0.1, -0.05) is 18.2 Å². The fourth-order valence-electron chi connectivity index (χ4n) is 1.25. The van der Waals surface area contributed by atoms with E-state index in [0.717, 1.165) is 11.1 Å². The molecule has 0 saturated carbocycles. The lowest BCUT2D eigenvalue weighted by Gasteiger charge is -1.93. The summed E-state index contributed by atoms with van der Waals surface area (Å²) >= 11 is 0. The minimum atomic E-state index is -0.569. The maximum absolute atomic E-state index is 12.2. The number of phenolic OH excluding ortho intramolecular Hbond substituents is 2. The van der Waals surface area contributed by atoms with Crippen molar-refractivity contribution in [1.82, 2.24) is 0 Å². The van der Waals surface area contributed by atoms with Gasteiger partial charge in [-0.05, 0) is 49.2 Å². The summed E-state index contributed by atoms with van der Waals surface area (Å²) in [5.74, 6) is -0.513. The van der Waals surface area contributed by atoms with Crippen LogP contribution in [0.25, 0.3) is 0 Å². The van der Waals surface area contributed by atoms with E-state index in [1.165, 1.54) is 12.1 Å². The van der Waals surface area contributed by atoms with Gasteiger partial charge in [0.15, 0.2) is 11.6 Å². The van der Waals surface area contributed by atoms with Gasteiger partial charge in [-0.2, -0.15) is 0 Å². The van der Waals surface area contributed by atoms with Gasteiger partial charge in [0, 0.05) is 0 Å². The molecule has 0 unspecified atom stereocenters. The molecule has 0 radical (unpaired) electrons. The van der Waals surface area contributed by atoms with Gasteiger partial charge in [0.2, 0.25) is 0 Å². The summed E-state index contributed by atoms with van der Waals surface area (Å²) in [6.07, 6.45) is 0. The van der Waals surface area contributed by atoms with Gasteiger partial charge >= 0.3 is 0 Å². The largest absolute Gasteiger partial charge is 0.508 e. The third kappa shape index (κ3) is 4.55. The van der Waals surface area contributed by atoms with E-state index < -0.39 is 5.82 Å². The summed E-state index contributed by atoms with van der Waals surface area (Å²) in [7, 11) is 0. The minimum Gasteiger partial charge on any atom is -0.508 e. The molecule has 2 rings (SSSR count). The summed E-state index contributed by atoms with van der Waals surface area (Å²) in [5.41, 5.74) is 1.94. The predicted molar refractivity (Wildman–Crippen MR) is 65.6 cm³/mol. The van der Waals surface area contributed by atoms with Gasteiger partial charge in [-0.15, -0.1) is 0 Å². The molecule has 2 N–H and O–H groups in total. The summed E-state index contributed by atoms with van der Waals surface area (Å²) in [4.78, 5) is 0. The highest BCUT2D eigenvalue weighted by Gasteiger charge is 1.96. The molecular weight excluding hydrogens is 219 g/mol. The Balaban J connectivity index is 0.000000171. The summed E-state index contributed by atoms with van der Waals surface area (Å²) in [5, 5.41) is 17.5. The van der Waals surface area contributed by atoms with E-state index in [1.54, 1.807) is 25.1 Å². The van der Waals surface area contributed by atoms with Crippen LogP contribution in [0.3, 0.4) is 0 Å². The molecule has 0 heterocycles. The molecule has 0 aliphatic carbocycles. The lowest BCUT2D eigenvalue weighted by molar-refractivity contribution is 0.432. The Morgan fingerprint density at radius 1 is 0.882 bits per heavy atom. The van der Waals surface area contributed by atoms with Crippen LogP contribution in [0.2, 0.25) is 0 Å². The highest BCUT2D eigenvalue weighted by Crippen LogP contribution is 2.15. The Hall–Kier alpha value is -2.03. The number of phenols is 2. The Bertz CT molecular complexity index is 478. The van der Waals surface area contributed by atoms with E-state index in [9.17, 15) is 4.39 Å². The van der Waals surface area contributed by atoms with Crippen molar-refractivity contribution >= 4 is 0 Å². The number of hydrogen-bond donors (Lipinski definition) is 2. The highest BCUT2D eigenvalue weighted by molar-refractivity contribution is 5.27.